The number of aromatic nitrogens is 4. The third-order valence-corrected chi connectivity index (χ3v) is 5.73. The molecule has 4 rings (SSSR count). The number of aliphatic hydroxyl groups excluding tert-OH is 1. The summed E-state index contributed by atoms with van der Waals surface area (Å²) in [6, 6.07) is -0.109. The van der Waals surface area contributed by atoms with Crippen LogP contribution in [0.3, 0.4) is 0 Å². The van der Waals surface area contributed by atoms with Gasteiger partial charge in [0, 0.05) is 12.0 Å². The fraction of sp³-hybridized carbons (Fsp3) is 0.688. The molecule has 1 aliphatic carbocycles. The molecule has 0 radical (unpaired) electrons. The van der Waals surface area contributed by atoms with Crippen molar-refractivity contribution < 1.29 is 9.84 Å². The predicted molar refractivity (Wildman–Crippen MR) is 90.5 cm³/mol. The van der Waals surface area contributed by atoms with Gasteiger partial charge in [0.25, 0.3) is 0 Å². The standard InChI is InChI=1S/C16H22ClN5O2/c1-2-16(5-3-6-16)14-20-13(17)11-8-18-15(21-22(11)14)19-10-4-7-24-9-12(10)23/h8,10,12,23H,2-7,9H2,1H3,(H,19,21)/t10-,12+/m0/s1. The lowest BCUT2D eigenvalue weighted by atomic mass is 9.66. The Labute approximate surface area is 145 Å². The average Bonchev–Trinajstić information content (AvgIpc) is 2.86. The summed E-state index contributed by atoms with van der Waals surface area (Å²) in [6.45, 7) is 3.14. The van der Waals surface area contributed by atoms with Crippen molar-refractivity contribution >= 4 is 23.1 Å². The van der Waals surface area contributed by atoms with Gasteiger partial charge >= 0.3 is 0 Å². The molecule has 130 valence electrons. The van der Waals surface area contributed by atoms with E-state index in [4.69, 9.17) is 16.3 Å². The van der Waals surface area contributed by atoms with E-state index in [1.807, 2.05) is 4.52 Å². The summed E-state index contributed by atoms with van der Waals surface area (Å²) in [5.74, 6) is 1.41. The number of halogens is 1. The van der Waals surface area contributed by atoms with Crippen LogP contribution < -0.4 is 5.32 Å². The molecule has 2 N–H and O–H groups in total. The topological polar surface area (TPSA) is 84.6 Å². The van der Waals surface area contributed by atoms with Crippen LogP contribution in [0, 0.1) is 0 Å². The van der Waals surface area contributed by atoms with Gasteiger partial charge in [-0.2, -0.15) is 0 Å². The van der Waals surface area contributed by atoms with E-state index in [9.17, 15) is 5.11 Å². The molecule has 24 heavy (non-hydrogen) atoms. The van der Waals surface area contributed by atoms with Crippen LogP contribution in [0.15, 0.2) is 6.20 Å². The molecule has 1 aliphatic heterocycles. The summed E-state index contributed by atoms with van der Waals surface area (Å²) >= 11 is 6.30. The van der Waals surface area contributed by atoms with Crippen molar-refractivity contribution in [3.05, 3.63) is 17.2 Å². The number of rotatable bonds is 4. The summed E-state index contributed by atoms with van der Waals surface area (Å²) in [6.07, 6.45) is 6.33. The van der Waals surface area contributed by atoms with Crippen LogP contribution in [0.1, 0.15) is 44.9 Å². The average molecular weight is 352 g/mol. The lowest BCUT2D eigenvalue weighted by Gasteiger charge is -2.39. The van der Waals surface area contributed by atoms with E-state index in [0.717, 1.165) is 37.0 Å². The molecule has 0 unspecified atom stereocenters. The number of aliphatic hydroxyl groups is 1. The molecule has 2 aromatic rings. The summed E-state index contributed by atoms with van der Waals surface area (Å²) in [7, 11) is 0. The summed E-state index contributed by atoms with van der Waals surface area (Å²) < 4.78 is 7.09. The molecular weight excluding hydrogens is 330 g/mol. The maximum absolute atomic E-state index is 10.0. The minimum Gasteiger partial charge on any atom is -0.389 e. The quantitative estimate of drug-likeness (QED) is 0.878. The third-order valence-electron chi connectivity index (χ3n) is 5.45. The summed E-state index contributed by atoms with van der Waals surface area (Å²) in [5.41, 5.74) is 0.796. The zero-order valence-corrected chi connectivity index (χ0v) is 14.5. The van der Waals surface area contributed by atoms with Crippen molar-refractivity contribution in [1.82, 2.24) is 19.6 Å². The summed E-state index contributed by atoms with van der Waals surface area (Å²) in [5, 5.41) is 18.3. The second-order valence-corrected chi connectivity index (χ2v) is 7.13. The van der Waals surface area contributed by atoms with E-state index in [0.29, 0.717) is 24.3 Å². The Hall–Kier alpha value is -1.44. The number of fused-ring (bicyclic) bond motifs is 1. The normalized spacial score (nSPS) is 26.3. The number of anilines is 1. The van der Waals surface area contributed by atoms with Crippen LogP contribution >= 0.6 is 11.6 Å². The fourth-order valence-electron chi connectivity index (χ4n) is 3.66. The van der Waals surface area contributed by atoms with Gasteiger partial charge in [-0.25, -0.2) is 14.5 Å². The number of ether oxygens (including phenoxy) is 1. The molecule has 2 aliphatic rings. The minimum atomic E-state index is -0.558. The van der Waals surface area contributed by atoms with Crippen molar-refractivity contribution in [3.8, 4) is 0 Å². The van der Waals surface area contributed by atoms with Gasteiger partial charge in [0.2, 0.25) is 5.95 Å². The van der Waals surface area contributed by atoms with E-state index in [2.05, 4.69) is 27.3 Å². The van der Waals surface area contributed by atoms with Gasteiger partial charge in [0.05, 0.1) is 24.9 Å². The lowest BCUT2D eigenvalue weighted by Crippen LogP contribution is -2.42. The minimum absolute atomic E-state index is 0.0693. The van der Waals surface area contributed by atoms with Crippen LogP contribution in [0.5, 0.6) is 0 Å². The predicted octanol–water partition coefficient (Wildman–Crippen LogP) is 2.17. The highest BCUT2D eigenvalue weighted by Crippen LogP contribution is 2.46. The van der Waals surface area contributed by atoms with E-state index in [1.54, 1.807) is 6.20 Å². The highest BCUT2D eigenvalue weighted by Gasteiger charge is 2.41. The fourth-order valence-corrected chi connectivity index (χ4v) is 3.87. The molecule has 1 saturated heterocycles. The van der Waals surface area contributed by atoms with Crippen LogP contribution in [0.4, 0.5) is 5.95 Å². The van der Waals surface area contributed by atoms with E-state index < -0.39 is 6.10 Å². The summed E-state index contributed by atoms with van der Waals surface area (Å²) in [4.78, 5) is 8.93. The SMILES string of the molecule is CCC1(c2nc(Cl)c3cnc(N[C@H]4CCOC[C@H]4O)nn23)CCC1. The Balaban J connectivity index is 1.69. The Morgan fingerprint density at radius 3 is 3.00 bits per heavy atom. The Morgan fingerprint density at radius 1 is 1.50 bits per heavy atom. The molecule has 1 saturated carbocycles. The largest absolute Gasteiger partial charge is 0.389 e. The van der Waals surface area contributed by atoms with Crippen LogP contribution in [-0.4, -0.2) is 50.0 Å². The van der Waals surface area contributed by atoms with Gasteiger partial charge in [0.1, 0.15) is 11.3 Å². The first-order valence-electron chi connectivity index (χ1n) is 8.57. The zero-order chi connectivity index (χ0) is 16.7. The second kappa shape index (κ2) is 6.13. The molecule has 0 bridgehead atoms. The van der Waals surface area contributed by atoms with Crippen molar-refractivity contribution in [2.75, 3.05) is 18.5 Å². The molecule has 7 nitrogen and oxygen atoms in total. The number of nitrogens with zero attached hydrogens (tertiary/aromatic N) is 4. The number of imidazole rings is 1. The first-order chi connectivity index (χ1) is 11.6. The van der Waals surface area contributed by atoms with Crippen molar-refractivity contribution in [3.63, 3.8) is 0 Å². The maximum atomic E-state index is 10.0. The van der Waals surface area contributed by atoms with Gasteiger partial charge in [-0.15, -0.1) is 5.10 Å². The van der Waals surface area contributed by atoms with Crippen LogP contribution in [0.25, 0.3) is 5.52 Å². The number of hydrogen-bond acceptors (Lipinski definition) is 6. The van der Waals surface area contributed by atoms with Gasteiger partial charge in [-0.1, -0.05) is 24.9 Å². The third kappa shape index (κ3) is 2.55. The molecule has 0 aromatic carbocycles. The molecule has 2 aromatic heterocycles. The van der Waals surface area contributed by atoms with E-state index in [1.165, 1.54) is 6.42 Å². The number of nitrogens with one attached hydrogen (secondary N) is 1. The molecule has 0 amide bonds. The second-order valence-electron chi connectivity index (χ2n) is 6.77. The molecule has 3 heterocycles. The smallest absolute Gasteiger partial charge is 0.241 e. The van der Waals surface area contributed by atoms with E-state index >= 15 is 0 Å². The van der Waals surface area contributed by atoms with Crippen molar-refractivity contribution in [1.29, 1.82) is 0 Å². The van der Waals surface area contributed by atoms with Crippen LogP contribution in [-0.2, 0) is 10.2 Å². The molecule has 2 fully saturated rings. The van der Waals surface area contributed by atoms with Crippen molar-refractivity contribution in [2.45, 2.75) is 56.6 Å². The van der Waals surface area contributed by atoms with E-state index in [-0.39, 0.29) is 11.5 Å². The zero-order valence-electron chi connectivity index (χ0n) is 13.7. The van der Waals surface area contributed by atoms with Crippen LogP contribution in [0.2, 0.25) is 5.15 Å². The highest BCUT2D eigenvalue weighted by atomic mass is 35.5. The van der Waals surface area contributed by atoms with Gasteiger partial charge in [-0.3, -0.25) is 0 Å². The van der Waals surface area contributed by atoms with Gasteiger partial charge < -0.3 is 15.2 Å². The molecule has 0 spiro atoms. The Morgan fingerprint density at radius 2 is 2.33 bits per heavy atom. The van der Waals surface area contributed by atoms with Gasteiger partial charge in [0.15, 0.2) is 5.15 Å². The maximum Gasteiger partial charge on any atom is 0.241 e. The molecule has 2 atom stereocenters. The highest BCUT2D eigenvalue weighted by molar-refractivity contribution is 6.32. The molecular formula is C16H22ClN5O2. The Bertz CT molecular complexity index is 740. The van der Waals surface area contributed by atoms with Gasteiger partial charge in [-0.05, 0) is 25.7 Å². The first kappa shape index (κ1) is 16.1. The lowest BCUT2D eigenvalue weighted by molar-refractivity contribution is -0.0136. The monoisotopic (exact) mass is 351 g/mol. The molecule has 8 heteroatoms. The van der Waals surface area contributed by atoms with Crippen molar-refractivity contribution in [2.24, 2.45) is 0 Å². The Kier molecular flexibility index (Phi) is 4.10. The first-order valence-corrected chi connectivity index (χ1v) is 8.95. The number of hydrogen-bond donors (Lipinski definition) is 2.